The molecule has 1 heterocycles. The number of hydrogen-bond acceptors (Lipinski definition) is 4. The van der Waals surface area contributed by atoms with Gasteiger partial charge in [0.25, 0.3) is 5.91 Å². The fourth-order valence-corrected chi connectivity index (χ4v) is 4.14. The van der Waals surface area contributed by atoms with Crippen molar-refractivity contribution >= 4 is 44.1 Å². The lowest BCUT2D eigenvalue weighted by Crippen LogP contribution is -2.14. The van der Waals surface area contributed by atoms with Crippen LogP contribution in [0.1, 0.15) is 40.1 Å². The molecular weight excluding hydrogens is 438 g/mol. The number of rotatable bonds is 6. The van der Waals surface area contributed by atoms with Gasteiger partial charge in [-0.1, -0.05) is 53.2 Å². The van der Waals surface area contributed by atoms with Gasteiger partial charge in [-0.25, -0.2) is 4.79 Å². The molecule has 1 amide bonds. The van der Waals surface area contributed by atoms with E-state index in [2.05, 4.69) is 28.2 Å². The minimum absolute atomic E-state index is 0.266. The van der Waals surface area contributed by atoms with Gasteiger partial charge in [0.05, 0.1) is 6.61 Å². The van der Waals surface area contributed by atoms with Crippen LogP contribution in [0.4, 0.5) is 5.00 Å². The van der Waals surface area contributed by atoms with E-state index in [1.54, 1.807) is 25.1 Å². The van der Waals surface area contributed by atoms with Crippen molar-refractivity contribution in [1.29, 1.82) is 0 Å². The maximum absolute atomic E-state index is 12.7. The molecule has 0 fully saturated rings. The van der Waals surface area contributed by atoms with Crippen LogP contribution in [-0.2, 0) is 11.2 Å². The summed E-state index contributed by atoms with van der Waals surface area (Å²) in [6.07, 6.45) is 0.947. The molecule has 3 aromatic rings. The highest BCUT2D eigenvalue weighted by Gasteiger charge is 2.23. The number of ether oxygens (including phenoxy) is 1. The second kappa shape index (κ2) is 9.17. The SMILES string of the molecule is CCOC(=O)c1c(-c2ccc(CC)cc2)csc1NC(=O)c1cccc(Br)c1. The van der Waals surface area contributed by atoms with Crippen LogP contribution in [0.15, 0.2) is 58.4 Å². The first kappa shape index (κ1) is 20.3. The molecule has 0 aliphatic heterocycles. The molecule has 144 valence electrons. The van der Waals surface area contributed by atoms with Crippen molar-refractivity contribution in [3.63, 3.8) is 0 Å². The van der Waals surface area contributed by atoms with Gasteiger partial charge in [0.1, 0.15) is 10.6 Å². The number of hydrogen-bond donors (Lipinski definition) is 1. The van der Waals surface area contributed by atoms with Crippen molar-refractivity contribution in [3.8, 4) is 11.1 Å². The van der Waals surface area contributed by atoms with Crippen LogP contribution in [0.5, 0.6) is 0 Å². The summed E-state index contributed by atoms with van der Waals surface area (Å²) >= 11 is 4.69. The lowest BCUT2D eigenvalue weighted by Gasteiger charge is -2.09. The summed E-state index contributed by atoms with van der Waals surface area (Å²) in [6, 6.07) is 15.2. The fraction of sp³-hybridized carbons (Fsp3) is 0.182. The van der Waals surface area contributed by atoms with Gasteiger partial charge >= 0.3 is 5.97 Å². The Hall–Kier alpha value is -2.44. The van der Waals surface area contributed by atoms with Crippen LogP contribution in [0.25, 0.3) is 11.1 Å². The molecular formula is C22H20BrNO3S. The highest BCUT2D eigenvalue weighted by atomic mass is 79.9. The fourth-order valence-electron chi connectivity index (χ4n) is 2.79. The smallest absolute Gasteiger partial charge is 0.341 e. The number of thiophene rings is 1. The van der Waals surface area contributed by atoms with Gasteiger partial charge in [-0.3, -0.25) is 4.79 Å². The Morgan fingerprint density at radius 3 is 2.50 bits per heavy atom. The lowest BCUT2D eigenvalue weighted by molar-refractivity contribution is 0.0529. The molecule has 0 unspecified atom stereocenters. The second-order valence-electron chi connectivity index (χ2n) is 6.09. The van der Waals surface area contributed by atoms with Gasteiger partial charge in [-0.15, -0.1) is 11.3 Å². The maximum Gasteiger partial charge on any atom is 0.341 e. The van der Waals surface area contributed by atoms with Gasteiger partial charge in [-0.05, 0) is 42.7 Å². The zero-order chi connectivity index (χ0) is 20.1. The van der Waals surface area contributed by atoms with Crippen LogP contribution in [0, 0.1) is 0 Å². The molecule has 0 spiro atoms. The topological polar surface area (TPSA) is 55.4 Å². The van der Waals surface area contributed by atoms with Crippen LogP contribution in [0.2, 0.25) is 0 Å². The van der Waals surface area contributed by atoms with Crippen LogP contribution < -0.4 is 5.32 Å². The first-order chi connectivity index (χ1) is 13.5. The molecule has 0 aliphatic carbocycles. The van der Waals surface area contributed by atoms with E-state index in [-0.39, 0.29) is 12.5 Å². The zero-order valence-electron chi connectivity index (χ0n) is 15.6. The lowest BCUT2D eigenvalue weighted by atomic mass is 10.0. The van der Waals surface area contributed by atoms with Crippen molar-refractivity contribution in [2.24, 2.45) is 0 Å². The van der Waals surface area contributed by atoms with Gasteiger partial charge < -0.3 is 10.1 Å². The number of carbonyl (C=O) groups is 2. The summed E-state index contributed by atoms with van der Waals surface area (Å²) in [5, 5.41) is 5.23. The molecule has 1 N–H and O–H groups in total. The number of aryl methyl sites for hydroxylation is 1. The zero-order valence-corrected chi connectivity index (χ0v) is 18.0. The van der Waals surface area contributed by atoms with Crippen molar-refractivity contribution in [1.82, 2.24) is 0 Å². The predicted molar refractivity (Wildman–Crippen MR) is 117 cm³/mol. The molecule has 0 atom stereocenters. The van der Waals surface area contributed by atoms with Gasteiger partial charge in [0.15, 0.2) is 0 Å². The van der Waals surface area contributed by atoms with E-state index in [0.29, 0.717) is 16.1 Å². The molecule has 1 aromatic heterocycles. The largest absolute Gasteiger partial charge is 0.462 e. The summed E-state index contributed by atoms with van der Waals surface area (Å²) < 4.78 is 6.06. The average Bonchev–Trinajstić information content (AvgIpc) is 3.11. The van der Waals surface area contributed by atoms with Crippen molar-refractivity contribution in [3.05, 3.63) is 75.1 Å². The van der Waals surface area contributed by atoms with Crippen LogP contribution in [0.3, 0.4) is 0 Å². The Bertz CT molecular complexity index is 995. The van der Waals surface area contributed by atoms with Crippen molar-refractivity contribution < 1.29 is 14.3 Å². The second-order valence-corrected chi connectivity index (χ2v) is 7.88. The highest BCUT2D eigenvalue weighted by Crippen LogP contribution is 2.36. The first-order valence-corrected chi connectivity index (χ1v) is 10.7. The van der Waals surface area contributed by atoms with Gasteiger partial charge in [0.2, 0.25) is 0 Å². The Morgan fingerprint density at radius 1 is 1.11 bits per heavy atom. The summed E-state index contributed by atoms with van der Waals surface area (Å²) in [4.78, 5) is 25.3. The number of anilines is 1. The molecule has 6 heteroatoms. The third kappa shape index (κ3) is 4.51. The number of amides is 1. The molecule has 3 rings (SSSR count). The van der Waals surface area contributed by atoms with E-state index in [1.807, 2.05) is 35.7 Å². The van der Waals surface area contributed by atoms with E-state index in [1.165, 1.54) is 16.9 Å². The maximum atomic E-state index is 12.7. The minimum atomic E-state index is -0.442. The molecule has 0 radical (unpaired) electrons. The quantitative estimate of drug-likeness (QED) is 0.450. The normalized spacial score (nSPS) is 10.5. The number of halogens is 1. The number of carbonyl (C=O) groups excluding carboxylic acids is 2. The summed E-state index contributed by atoms with van der Waals surface area (Å²) in [5.41, 5.74) is 3.79. The Labute approximate surface area is 176 Å². The predicted octanol–water partition coefficient (Wildman–Crippen LogP) is 6.17. The van der Waals surface area contributed by atoms with Gasteiger partial charge in [0, 0.05) is 21.0 Å². The molecule has 0 bridgehead atoms. The standard InChI is InChI=1S/C22H20BrNO3S/c1-3-14-8-10-15(11-9-14)18-13-28-21(19(18)22(26)27-4-2)24-20(25)16-6-5-7-17(23)12-16/h5-13H,3-4H2,1-2H3,(H,24,25). The van der Waals surface area contributed by atoms with E-state index in [0.717, 1.165) is 22.0 Å². The highest BCUT2D eigenvalue weighted by molar-refractivity contribution is 9.10. The van der Waals surface area contributed by atoms with E-state index in [4.69, 9.17) is 4.74 Å². The van der Waals surface area contributed by atoms with E-state index in [9.17, 15) is 9.59 Å². The first-order valence-electron chi connectivity index (χ1n) is 8.98. The number of esters is 1. The third-order valence-electron chi connectivity index (χ3n) is 4.26. The molecule has 28 heavy (non-hydrogen) atoms. The Balaban J connectivity index is 1.97. The summed E-state index contributed by atoms with van der Waals surface area (Å²) in [5.74, 6) is -0.718. The average molecular weight is 458 g/mol. The minimum Gasteiger partial charge on any atom is -0.462 e. The van der Waals surface area contributed by atoms with Crippen LogP contribution in [-0.4, -0.2) is 18.5 Å². The molecule has 4 nitrogen and oxygen atoms in total. The van der Waals surface area contributed by atoms with E-state index >= 15 is 0 Å². The van der Waals surface area contributed by atoms with E-state index < -0.39 is 5.97 Å². The van der Waals surface area contributed by atoms with Crippen molar-refractivity contribution in [2.45, 2.75) is 20.3 Å². The molecule has 0 saturated heterocycles. The Morgan fingerprint density at radius 2 is 1.86 bits per heavy atom. The summed E-state index contributed by atoms with van der Waals surface area (Å²) in [6.45, 7) is 4.13. The molecule has 2 aromatic carbocycles. The number of benzene rings is 2. The molecule has 0 saturated carbocycles. The monoisotopic (exact) mass is 457 g/mol. The van der Waals surface area contributed by atoms with Gasteiger partial charge in [-0.2, -0.15) is 0 Å². The van der Waals surface area contributed by atoms with Crippen LogP contribution >= 0.6 is 27.3 Å². The third-order valence-corrected chi connectivity index (χ3v) is 5.65. The molecule has 0 aliphatic rings. The van der Waals surface area contributed by atoms with Crippen molar-refractivity contribution in [2.75, 3.05) is 11.9 Å². The Kier molecular flexibility index (Phi) is 6.65. The summed E-state index contributed by atoms with van der Waals surface area (Å²) in [7, 11) is 0. The number of nitrogens with one attached hydrogen (secondary N) is 1.